The number of ketones is 2. The summed E-state index contributed by atoms with van der Waals surface area (Å²) in [5.74, 6) is -0.415. The normalized spacial score (nSPS) is 13.6. The molecule has 3 heterocycles. The summed E-state index contributed by atoms with van der Waals surface area (Å²) >= 11 is 0. The van der Waals surface area contributed by atoms with Crippen LogP contribution >= 0.6 is 0 Å². The zero-order chi connectivity index (χ0) is 20.8. The van der Waals surface area contributed by atoms with E-state index in [4.69, 9.17) is 0 Å². The Morgan fingerprint density at radius 1 is 0.700 bits per heavy atom. The molecule has 6 nitrogen and oxygen atoms in total. The lowest BCUT2D eigenvalue weighted by molar-refractivity contribution is -0.113. The van der Waals surface area contributed by atoms with Crippen LogP contribution in [0, 0.1) is 0 Å². The van der Waals surface area contributed by atoms with Crippen LogP contribution < -0.4 is 0 Å². The van der Waals surface area contributed by atoms with Crippen LogP contribution in [0.2, 0.25) is 0 Å². The van der Waals surface area contributed by atoms with Gasteiger partial charge in [-0.3, -0.25) is 29.4 Å². The van der Waals surface area contributed by atoms with Crippen LogP contribution in [0.3, 0.4) is 0 Å². The maximum absolute atomic E-state index is 12.2. The van der Waals surface area contributed by atoms with Gasteiger partial charge < -0.3 is 0 Å². The van der Waals surface area contributed by atoms with Gasteiger partial charge in [0.1, 0.15) is 0 Å². The number of carbonyl (C=O) groups excluding carboxylic acids is 2. The minimum absolute atomic E-state index is 0.205. The average molecular weight is 396 g/mol. The number of hydrogen-bond acceptors (Lipinski definition) is 6. The highest BCUT2D eigenvalue weighted by Crippen LogP contribution is 2.19. The fraction of sp³-hybridized carbons (Fsp3) is 0.125. The van der Waals surface area contributed by atoms with Crippen molar-refractivity contribution in [1.82, 2.24) is 19.9 Å². The van der Waals surface area contributed by atoms with Crippen molar-refractivity contribution in [2.45, 2.75) is 19.6 Å². The SMILES string of the molecule is O=C1C=CC(=O)C(c2cccc(CN(Cc3ccccn3)Cc3ccccn3)n2)=C1. The Labute approximate surface area is 174 Å². The molecule has 3 aromatic rings. The first-order chi connectivity index (χ1) is 14.7. The van der Waals surface area contributed by atoms with Crippen LogP contribution in [-0.4, -0.2) is 31.4 Å². The van der Waals surface area contributed by atoms with Gasteiger partial charge in [-0.1, -0.05) is 18.2 Å². The highest BCUT2D eigenvalue weighted by atomic mass is 16.1. The van der Waals surface area contributed by atoms with Crippen LogP contribution in [0.25, 0.3) is 5.57 Å². The molecule has 0 spiro atoms. The highest BCUT2D eigenvalue weighted by molar-refractivity contribution is 6.33. The van der Waals surface area contributed by atoms with Gasteiger partial charge in [0.2, 0.25) is 0 Å². The first-order valence-electron chi connectivity index (χ1n) is 9.64. The van der Waals surface area contributed by atoms with Crippen molar-refractivity contribution < 1.29 is 9.59 Å². The van der Waals surface area contributed by atoms with Crippen LogP contribution in [0.1, 0.15) is 22.8 Å². The molecule has 0 amide bonds. The van der Waals surface area contributed by atoms with Gasteiger partial charge in [-0.2, -0.15) is 0 Å². The molecule has 148 valence electrons. The first kappa shape index (κ1) is 19.5. The fourth-order valence-corrected chi connectivity index (χ4v) is 3.27. The number of allylic oxidation sites excluding steroid dienone is 4. The third-order valence-corrected chi connectivity index (χ3v) is 4.64. The largest absolute Gasteiger partial charge is 0.290 e. The predicted molar refractivity (Wildman–Crippen MR) is 113 cm³/mol. The van der Waals surface area contributed by atoms with Gasteiger partial charge in [-0.25, -0.2) is 0 Å². The van der Waals surface area contributed by atoms with Gasteiger partial charge in [-0.05, 0) is 54.6 Å². The van der Waals surface area contributed by atoms with E-state index in [1.54, 1.807) is 18.5 Å². The second-order valence-corrected chi connectivity index (χ2v) is 6.96. The van der Waals surface area contributed by atoms with Crippen LogP contribution in [-0.2, 0) is 29.2 Å². The van der Waals surface area contributed by atoms with Gasteiger partial charge in [0.15, 0.2) is 11.6 Å². The van der Waals surface area contributed by atoms with Gasteiger partial charge in [0.05, 0.1) is 28.3 Å². The molecule has 4 rings (SSSR count). The molecule has 6 heteroatoms. The molecule has 0 N–H and O–H groups in total. The molecule has 0 unspecified atom stereocenters. The van der Waals surface area contributed by atoms with E-state index in [0.29, 0.717) is 30.9 Å². The molecule has 3 aromatic heterocycles. The molecule has 30 heavy (non-hydrogen) atoms. The number of aromatic nitrogens is 3. The van der Waals surface area contributed by atoms with E-state index >= 15 is 0 Å². The van der Waals surface area contributed by atoms with Crippen molar-refractivity contribution in [3.63, 3.8) is 0 Å². The summed E-state index contributed by atoms with van der Waals surface area (Å²) in [6.07, 6.45) is 7.46. The van der Waals surface area contributed by atoms with Gasteiger partial charge in [0.25, 0.3) is 0 Å². The Kier molecular flexibility index (Phi) is 5.96. The summed E-state index contributed by atoms with van der Waals surface area (Å²) in [4.78, 5) is 39.6. The van der Waals surface area contributed by atoms with E-state index < -0.39 is 0 Å². The second kappa shape index (κ2) is 9.15. The highest BCUT2D eigenvalue weighted by Gasteiger charge is 2.17. The van der Waals surface area contributed by atoms with Crippen molar-refractivity contribution in [1.29, 1.82) is 0 Å². The quantitative estimate of drug-likeness (QED) is 0.571. The van der Waals surface area contributed by atoms with E-state index in [0.717, 1.165) is 17.1 Å². The molecular weight excluding hydrogens is 376 g/mol. The minimum Gasteiger partial charge on any atom is -0.290 e. The Morgan fingerprint density at radius 2 is 1.33 bits per heavy atom. The van der Waals surface area contributed by atoms with Crippen LogP contribution in [0.15, 0.2) is 85.2 Å². The Balaban J connectivity index is 1.58. The maximum atomic E-state index is 12.2. The minimum atomic E-state index is -0.210. The average Bonchev–Trinajstić information content (AvgIpc) is 2.77. The van der Waals surface area contributed by atoms with E-state index in [2.05, 4.69) is 19.9 Å². The first-order valence-corrected chi connectivity index (χ1v) is 9.64. The molecule has 0 saturated carbocycles. The topological polar surface area (TPSA) is 76.1 Å². The van der Waals surface area contributed by atoms with E-state index in [-0.39, 0.29) is 11.6 Å². The third kappa shape index (κ3) is 4.98. The third-order valence-electron chi connectivity index (χ3n) is 4.64. The monoisotopic (exact) mass is 396 g/mol. The summed E-state index contributed by atoms with van der Waals surface area (Å²) < 4.78 is 0. The molecule has 0 radical (unpaired) electrons. The molecule has 0 atom stereocenters. The number of hydrogen-bond donors (Lipinski definition) is 0. The molecule has 0 saturated heterocycles. The maximum Gasteiger partial charge on any atom is 0.188 e. The predicted octanol–water partition coefficient (Wildman–Crippen LogP) is 3.17. The lowest BCUT2D eigenvalue weighted by Crippen LogP contribution is -2.24. The molecule has 0 aliphatic heterocycles. The van der Waals surface area contributed by atoms with Crippen LogP contribution in [0.5, 0.6) is 0 Å². The second-order valence-electron chi connectivity index (χ2n) is 6.96. The van der Waals surface area contributed by atoms with Crippen molar-refractivity contribution in [3.05, 3.63) is 108 Å². The zero-order valence-electron chi connectivity index (χ0n) is 16.3. The van der Waals surface area contributed by atoms with E-state index in [1.165, 1.54) is 18.2 Å². The number of carbonyl (C=O) groups is 2. The Morgan fingerprint density at radius 3 is 1.97 bits per heavy atom. The number of pyridine rings is 3. The van der Waals surface area contributed by atoms with E-state index in [1.807, 2.05) is 48.5 Å². The molecule has 1 aliphatic carbocycles. The van der Waals surface area contributed by atoms with Crippen molar-refractivity contribution in [3.8, 4) is 0 Å². The molecule has 0 fully saturated rings. The van der Waals surface area contributed by atoms with Crippen LogP contribution in [0.4, 0.5) is 0 Å². The Hall–Kier alpha value is -3.77. The van der Waals surface area contributed by atoms with E-state index in [9.17, 15) is 9.59 Å². The van der Waals surface area contributed by atoms with Gasteiger partial charge in [0, 0.05) is 32.0 Å². The summed E-state index contributed by atoms with van der Waals surface area (Å²) in [5, 5.41) is 0. The smallest absolute Gasteiger partial charge is 0.188 e. The summed E-state index contributed by atoms with van der Waals surface area (Å²) in [6.45, 7) is 1.81. The molecule has 0 aromatic carbocycles. The van der Waals surface area contributed by atoms with Crippen molar-refractivity contribution in [2.24, 2.45) is 0 Å². The summed E-state index contributed by atoms with van der Waals surface area (Å²) in [5.41, 5.74) is 3.53. The molecule has 1 aliphatic rings. The number of rotatable bonds is 7. The van der Waals surface area contributed by atoms with Crippen molar-refractivity contribution >= 4 is 17.1 Å². The molecular formula is C24H20N4O2. The standard InChI is InChI=1S/C24H20N4O2/c29-21-10-11-24(30)22(14-21)23-9-5-8-20(27-23)17-28(15-18-6-1-3-12-25-18)16-19-7-2-4-13-26-19/h1-14H,15-17H2. The number of nitrogens with zero attached hydrogens (tertiary/aromatic N) is 4. The zero-order valence-corrected chi connectivity index (χ0v) is 16.3. The summed E-state index contributed by atoms with van der Waals surface area (Å²) in [7, 11) is 0. The lowest BCUT2D eigenvalue weighted by atomic mass is 10.00. The molecule has 0 bridgehead atoms. The summed E-state index contributed by atoms with van der Waals surface area (Å²) in [6, 6.07) is 17.2. The van der Waals surface area contributed by atoms with Crippen molar-refractivity contribution in [2.75, 3.05) is 0 Å². The fourth-order valence-electron chi connectivity index (χ4n) is 3.27. The van der Waals surface area contributed by atoms with Gasteiger partial charge in [-0.15, -0.1) is 0 Å². The lowest BCUT2D eigenvalue weighted by Gasteiger charge is -2.21. The Bertz CT molecular complexity index is 1070. The van der Waals surface area contributed by atoms with Gasteiger partial charge >= 0.3 is 0 Å².